The van der Waals surface area contributed by atoms with E-state index in [2.05, 4.69) is 20.9 Å². The van der Waals surface area contributed by atoms with Gasteiger partial charge < -0.3 is 4.42 Å². The van der Waals surface area contributed by atoms with E-state index in [0.29, 0.717) is 27.0 Å². The SMILES string of the molecule is Fc1ccc(-c2nc3cc(F)cc(Br)c3o2)cc1. The molecule has 0 aliphatic carbocycles. The lowest BCUT2D eigenvalue weighted by Gasteiger charge is -1.93. The fourth-order valence-electron chi connectivity index (χ4n) is 1.68. The fourth-order valence-corrected chi connectivity index (χ4v) is 2.18. The lowest BCUT2D eigenvalue weighted by Crippen LogP contribution is -1.78. The number of oxazole rings is 1. The number of nitrogens with zero attached hydrogens (tertiary/aromatic N) is 1. The van der Waals surface area contributed by atoms with Gasteiger partial charge in [0.15, 0.2) is 5.58 Å². The summed E-state index contributed by atoms with van der Waals surface area (Å²) in [6, 6.07) is 8.35. The van der Waals surface area contributed by atoms with Crippen molar-refractivity contribution in [3.05, 3.63) is 52.5 Å². The Morgan fingerprint density at radius 3 is 2.44 bits per heavy atom. The molecular formula is C13H6BrF2NO. The van der Waals surface area contributed by atoms with Gasteiger partial charge in [-0.15, -0.1) is 0 Å². The first kappa shape index (κ1) is 11.3. The summed E-state index contributed by atoms with van der Waals surface area (Å²) in [6.07, 6.45) is 0. The maximum absolute atomic E-state index is 13.2. The highest BCUT2D eigenvalue weighted by Crippen LogP contribution is 2.30. The molecule has 0 aliphatic heterocycles. The van der Waals surface area contributed by atoms with Crippen molar-refractivity contribution in [2.45, 2.75) is 0 Å². The Kier molecular flexibility index (Phi) is 2.63. The van der Waals surface area contributed by atoms with Crippen LogP contribution in [0, 0.1) is 11.6 Å². The van der Waals surface area contributed by atoms with Gasteiger partial charge in [-0.2, -0.15) is 0 Å². The molecule has 5 heteroatoms. The van der Waals surface area contributed by atoms with Crippen molar-refractivity contribution < 1.29 is 13.2 Å². The summed E-state index contributed by atoms with van der Waals surface area (Å²) in [4.78, 5) is 4.18. The summed E-state index contributed by atoms with van der Waals surface area (Å²) in [7, 11) is 0. The Balaban J connectivity index is 2.19. The standard InChI is InChI=1S/C13H6BrF2NO/c14-10-5-9(16)6-11-12(10)18-13(17-11)7-1-3-8(15)4-2-7/h1-6H. The van der Waals surface area contributed by atoms with Crippen LogP contribution in [0.1, 0.15) is 0 Å². The van der Waals surface area contributed by atoms with Crippen molar-refractivity contribution >= 4 is 27.0 Å². The molecule has 0 aliphatic rings. The third kappa shape index (κ3) is 1.90. The van der Waals surface area contributed by atoms with Gasteiger partial charge in [0, 0.05) is 11.6 Å². The van der Waals surface area contributed by atoms with Gasteiger partial charge in [-0.3, -0.25) is 0 Å². The molecule has 18 heavy (non-hydrogen) atoms. The fraction of sp³-hybridized carbons (Fsp3) is 0. The van der Waals surface area contributed by atoms with Gasteiger partial charge >= 0.3 is 0 Å². The second-order valence-electron chi connectivity index (χ2n) is 3.76. The summed E-state index contributed by atoms with van der Waals surface area (Å²) >= 11 is 3.21. The molecule has 90 valence electrons. The molecule has 1 aromatic heterocycles. The predicted molar refractivity (Wildman–Crippen MR) is 67.1 cm³/mol. The molecule has 0 amide bonds. The minimum atomic E-state index is -0.395. The van der Waals surface area contributed by atoms with E-state index >= 15 is 0 Å². The molecule has 1 heterocycles. The zero-order valence-corrected chi connectivity index (χ0v) is 10.5. The largest absolute Gasteiger partial charge is 0.435 e. The Morgan fingerprint density at radius 2 is 1.72 bits per heavy atom. The van der Waals surface area contributed by atoms with E-state index in [4.69, 9.17) is 4.42 Å². The van der Waals surface area contributed by atoms with Gasteiger partial charge in [-0.05, 0) is 46.3 Å². The Hall–Kier alpha value is -1.75. The average Bonchev–Trinajstić information content (AvgIpc) is 2.74. The second-order valence-corrected chi connectivity index (χ2v) is 4.62. The van der Waals surface area contributed by atoms with E-state index in [9.17, 15) is 8.78 Å². The van der Waals surface area contributed by atoms with Crippen molar-refractivity contribution in [2.75, 3.05) is 0 Å². The number of rotatable bonds is 1. The van der Waals surface area contributed by atoms with Crippen LogP contribution in [-0.4, -0.2) is 4.98 Å². The van der Waals surface area contributed by atoms with Crippen molar-refractivity contribution in [3.63, 3.8) is 0 Å². The molecule has 0 saturated heterocycles. The third-order valence-electron chi connectivity index (χ3n) is 2.50. The zero-order valence-electron chi connectivity index (χ0n) is 8.95. The van der Waals surface area contributed by atoms with Crippen LogP contribution < -0.4 is 0 Å². The van der Waals surface area contributed by atoms with Crippen LogP contribution in [0.2, 0.25) is 0 Å². The lowest BCUT2D eigenvalue weighted by atomic mass is 10.2. The first-order valence-corrected chi connectivity index (χ1v) is 5.94. The molecule has 0 saturated carbocycles. The molecule has 3 rings (SSSR count). The Labute approximate surface area is 109 Å². The second kappa shape index (κ2) is 4.17. The van der Waals surface area contributed by atoms with E-state index in [1.54, 1.807) is 12.1 Å². The van der Waals surface area contributed by atoms with Crippen LogP contribution in [0.3, 0.4) is 0 Å². The highest BCUT2D eigenvalue weighted by molar-refractivity contribution is 9.10. The minimum absolute atomic E-state index is 0.330. The van der Waals surface area contributed by atoms with Gasteiger partial charge in [0.1, 0.15) is 17.2 Å². The van der Waals surface area contributed by atoms with Gasteiger partial charge in [0.05, 0.1) is 4.47 Å². The van der Waals surface area contributed by atoms with Crippen molar-refractivity contribution in [1.29, 1.82) is 0 Å². The van der Waals surface area contributed by atoms with E-state index < -0.39 is 5.82 Å². The Bertz CT molecular complexity index is 722. The van der Waals surface area contributed by atoms with Crippen LogP contribution in [0.25, 0.3) is 22.6 Å². The predicted octanol–water partition coefficient (Wildman–Crippen LogP) is 4.54. The monoisotopic (exact) mass is 309 g/mol. The van der Waals surface area contributed by atoms with Crippen molar-refractivity contribution in [1.82, 2.24) is 4.98 Å². The number of aromatic nitrogens is 1. The third-order valence-corrected chi connectivity index (χ3v) is 3.09. The summed E-state index contributed by atoms with van der Waals surface area (Å²) in [5.74, 6) is -0.397. The van der Waals surface area contributed by atoms with Gasteiger partial charge in [-0.1, -0.05) is 0 Å². The zero-order chi connectivity index (χ0) is 12.7. The Morgan fingerprint density at radius 1 is 1.00 bits per heavy atom. The quantitative estimate of drug-likeness (QED) is 0.660. The highest BCUT2D eigenvalue weighted by atomic mass is 79.9. The van der Waals surface area contributed by atoms with Crippen LogP contribution in [0.4, 0.5) is 8.78 Å². The summed E-state index contributed by atoms with van der Waals surface area (Å²) in [6.45, 7) is 0. The molecule has 0 fully saturated rings. The number of halogens is 3. The number of benzene rings is 2. The lowest BCUT2D eigenvalue weighted by molar-refractivity contribution is 0.609. The average molecular weight is 310 g/mol. The smallest absolute Gasteiger partial charge is 0.227 e. The molecule has 0 spiro atoms. The molecule has 0 bridgehead atoms. The topological polar surface area (TPSA) is 26.0 Å². The molecule has 0 radical (unpaired) electrons. The van der Waals surface area contributed by atoms with E-state index in [1.165, 1.54) is 24.3 Å². The van der Waals surface area contributed by atoms with Crippen LogP contribution in [-0.2, 0) is 0 Å². The summed E-state index contributed by atoms with van der Waals surface area (Å²) in [5.41, 5.74) is 1.52. The van der Waals surface area contributed by atoms with Crippen LogP contribution in [0.15, 0.2) is 45.3 Å². The molecule has 2 nitrogen and oxygen atoms in total. The van der Waals surface area contributed by atoms with Gasteiger partial charge in [0.2, 0.25) is 5.89 Å². The van der Waals surface area contributed by atoms with Crippen LogP contribution >= 0.6 is 15.9 Å². The first-order chi connectivity index (χ1) is 8.63. The van der Waals surface area contributed by atoms with Crippen molar-refractivity contribution in [3.8, 4) is 11.5 Å². The van der Waals surface area contributed by atoms with E-state index in [0.717, 1.165) is 0 Å². The maximum Gasteiger partial charge on any atom is 0.227 e. The minimum Gasteiger partial charge on any atom is -0.435 e. The van der Waals surface area contributed by atoms with E-state index in [1.807, 2.05) is 0 Å². The maximum atomic E-state index is 13.2. The molecule has 2 aromatic carbocycles. The molecule has 0 N–H and O–H groups in total. The molecule has 3 aromatic rings. The summed E-state index contributed by atoms with van der Waals surface area (Å²) in [5, 5.41) is 0. The summed E-state index contributed by atoms with van der Waals surface area (Å²) < 4.78 is 32.0. The molecular weight excluding hydrogens is 304 g/mol. The number of hydrogen-bond acceptors (Lipinski definition) is 2. The molecule has 0 unspecified atom stereocenters. The normalized spacial score (nSPS) is 11.1. The van der Waals surface area contributed by atoms with Gasteiger partial charge in [0.25, 0.3) is 0 Å². The number of fused-ring (bicyclic) bond motifs is 1. The van der Waals surface area contributed by atoms with Gasteiger partial charge in [-0.25, -0.2) is 13.8 Å². The highest BCUT2D eigenvalue weighted by Gasteiger charge is 2.12. The first-order valence-electron chi connectivity index (χ1n) is 5.15. The number of hydrogen-bond donors (Lipinski definition) is 0. The molecule has 0 atom stereocenters. The van der Waals surface area contributed by atoms with Crippen molar-refractivity contribution in [2.24, 2.45) is 0 Å². The van der Waals surface area contributed by atoms with E-state index in [-0.39, 0.29) is 5.82 Å². The van der Waals surface area contributed by atoms with Crippen LogP contribution in [0.5, 0.6) is 0 Å².